The molecule has 4 heteroatoms. The van der Waals surface area contributed by atoms with Crippen molar-refractivity contribution in [3.63, 3.8) is 0 Å². The highest BCUT2D eigenvalue weighted by atomic mass is 79.9. The highest BCUT2D eigenvalue weighted by molar-refractivity contribution is 9.10. The number of benzene rings is 1. The van der Waals surface area contributed by atoms with Crippen LogP contribution in [0.15, 0.2) is 22.7 Å². The number of likely N-dealkylation sites (N-methyl/N-ethyl adjacent to an activating group) is 1. The van der Waals surface area contributed by atoms with Gasteiger partial charge in [-0.05, 0) is 43.8 Å². The van der Waals surface area contributed by atoms with E-state index >= 15 is 0 Å². The van der Waals surface area contributed by atoms with Gasteiger partial charge in [-0.1, -0.05) is 15.9 Å². The Morgan fingerprint density at radius 2 is 2.07 bits per heavy atom. The molecular weight excluding hydrogens is 259 g/mol. The third-order valence-corrected chi connectivity index (χ3v) is 2.62. The lowest BCUT2D eigenvalue weighted by atomic mass is 10.1. The van der Waals surface area contributed by atoms with Crippen molar-refractivity contribution in [2.45, 2.75) is 6.42 Å². The minimum absolute atomic E-state index is 0.131. The second-order valence-corrected chi connectivity index (χ2v) is 4.25. The summed E-state index contributed by atoms with van der Waals surface area (Å²) in [6.07, 6.45) is 0.717. The first-order chi connectivity index (χ1) is 7.24. The van der Waals surface area contributed by atoms with E-state index in [9.17, 15) is 4.39 Å². The van der Waals surface area contributed by atoms with Crippen LogP contribution in [0.5, 0.6) is 0 Å². The van der Waals surface area contributed by atoms with E-state index in [0.29, 0.717) is 0 Å². The van der Waals surface area contributed by atoms with Crippen LogP contribution in [0.1, 0.15) is 5.56 Å². The highest BCUT2D eigenvalue weighted by Crippen LogP contribution is 2.15. The second kappa shape index (κ2) is 6.93. The fourth-order valence-electron chi connectivity index (χ4n) is 1.30. The molecule has 0 heterocycles. The Hall–Kier alpha value is -0.450. The molecule has 0 fully saturated rings. The molecule has 0 aliphatic heterocycles. The van der Waals surface area contributed by atoms with Crippen molar-refractivity contribution in [3.8, 4) is 0 Å². The topological polar surface area (TPSA) is 24.1 Å². The molecule has 1 aromatic carbocycles. The number of hydrogen-bond donors (Lipinski definition) is 2. The first-order valence-electron chi connectivity index (χ1n) is 5.03. The first-order valence-corrected chi connectivity index (χ1v) is 5.82. The Bertz CT molecular complexity index is 305. The van der Waals surface area contributed by atoms with E-state index in [1.807, 2.05) is 13.1 Å². The molecule has 0 saturated heterocycles. The molecule has 1 rings (SSSR count). The number of halogens is 2. The minimum atomic E-state index is -0.131. The molecule has 0 aliphatic rings. The van der Waals surface area contributed by atoms with Crippen LogP contribution in [0.25, 0.3) is 0 Å². The van der Waals surface area contributed by atoms with Gasteiger partial charge in [-0.3, -0.25) is 0 Å². The molecule has 0 saturated carbocycles. The zero-order valence-electron chi connectivity index (χ0n) is 8.82. The van der Waals surface area contributed by atoms with E-state index in [4.69, 9.17) is 0 Å². The summed E-state index contributed by atoms with van der Waals surface area (Å²) in [5.41, 5.74) is 0.751. The molecule has 84 valence electrons. The van der Waals surface area contributed by atoms with Crippen LogP contribution < -0.4 is 10.6 Å². The van der Waals surface area contributed by atoms with Gasteiger partial charge in [0, 0.05) is 17.6 Å². The highest BCUT2D eigenvalue weighted by Gasteiger charge is 2.01. The van der Waals surface area contributed by atoms with Gasteiger partial charge in [0.2, 0.25) is 0 Å². The SMILES string of the molecule is CNCCNCCc1cc(Br)ccc1F. The average molecular weight is 275 g/mol. The van der Waals surface area contributed by atoms with E-state index in [0.717, 1.165) is 36.1 Å². The molecule has 0 aromatic heterocycles. The van der Waals surface area contributed by atoms with E-state index in [1.165, 1.54) is 6.07 Å². The maximum absolute atomic E-state index is 13.3. The van der Waals surface area contributed by atoms with Gasteiger partial charge in [-0.15, -0.1) is 0 Å². The maximum Gasteiger partial charge on any atom is 0.126 e. The van der Waals surface area contributed by atoms with Gasteiger partial charge in [-0.25, -0.2) is 4.39 Å². The fraction of sp³-hybridized carbons (Fsp3) is 0.455. The molecule has 2 N–H and O–H groups in total. The Labute approximate surface area is 98.4 Å². The summed E-state index contributed by atoms with van der Waals surface area (Å²) >= 11 is 3.33. The van der Waals surface area contributed by atoms with Gasteiger partial charge in [0.1, 0.15) is 5.82 Å². The van der Waals surface area contributed by atoms with Crippen molar-refractivity contribution in [1.29, 1.82) is 0 Å². The zero-order valence-corrected chi connectivity index (χ0v) is 10.4. The normalized spacial score (nSPS) is 10.6. The number of hydrogen-bond acceptors (Lipinski definition) is 2. The van der Waals surface area contributed by atoms with Crippen molar-refractivity contribution >= 4 is 15.9 Å². The van der Waals surface area contributed by atoms with Gasteiger partial charge in [-0.2, -0.15) is 0 Å². The summed E-state index contributed by atoms with van der Waals surface area (Å²) in [6, 6.07) is 5.04. The van der Waals surface area contributed by atoms with Gasteiger partial charge in [0.05, 0.1) is 0 Å². The molecule has 0 aliphatic carbocycles. The monoisotopic (exact) mass is 274 g/mol. The third kappa shape index (κ3) is 4.73. The van der Waals surface area contributed by atoms with Gasteiger partial charge < -0.3 is 10.6 Å². The van der Waals surface area contributed by atoms with E-state index in [1.54, 1.807) is 6.07 Å². The molecule has 15 heavy (non-hydrogen) atoms. The molecule has 0 atom stereocenters. The Morgan fingerprint density at radius 1 is 1.27 bits per heavy atom. The second-order valence-electron chi connectivity index (χ2n) is 3.34. The summed E-state index contributed by atoms with van der Waals surface area (Å²) in [6.45, 7) is 2.64. The van der Waals surface area contributed by atoms with E-state index in [-0.39, 0.29) is 5.82 Å². The van der Waals surface area contributed by atoms with Crippen LogP contribution in [0.3, 0.4) is 0 Å². The predicted octanol–water partition coefficient (Wildman–Crippen LogP) is 1.94. The molecule has 2 nitrogen and oxygen atoms in total. The van der Waals surface area contributed by atoms with Crippen LogP contribution in [0.2, 0.25) is 0 Å². The summed E-state index contributed by atoms with van der Waals surface area (Å²) in [7, 11) is 1.91. The van der Waals surface area contributed by atoms with Crippen LogP contribution in [0.4, 0.5) is 4.39 Å². The number of rotatable bonds is 6. The first kappa shape index (κ1) is 12.6. The maximum atomic E-state index is 13.3. The average Bonchev–Trinajstić information content (AvgIpc) is 2.23. The fourth-order valence-corrected chi connectivity index (χ4v) is 1.70. The smallest absolute Gasteiger partial charge is 0.126 e. The van der Waals surface area contributed by atoms with Crippen molar-refractivity contribution in [2.75, 3.05) is 26.7 Å². The Kier molecular flexibility index (Phi) is 5.83. The molecule has 0 bridgehead atoms. The van der Waals surface area contributed by atoms with Gasteiger partial charge in [0.25, 0.3) is 0 Å². The lowest BCUT2D eigenvalue weighted by Gasteiger charge is -2.05. The lowest BCUT2D eigenvalue weighted by molar-refractivity contribution is 0.594. The van der Waals surface area contributed by atoms with Crippen LogP contribution in [-0.4, -0.2) is 26.7 Å². The van der Waals surface area contributed by atoms with Crippen LogP contribution in [-0.2, 0) is 6.42 Å². The van der Waals surface area contributed by atoms with Crippen molar-refractivity contribution in [2.24, 2.45) is 0 Å². The van der Waals surface area contributed by atoms with Crippen molar-refractivity contribution in [1.82, 2.24) is 10.6 Å². The molecule has 0 unspecified atom stereocenters. The van der Waals surface area contributed by atoms with Crippen molar-refractivity contribution < 1.29 is 4.39 Å². The quantitative estimate of drug-likeness (QED) is 0.775. The molecule has 0 spiro atoms. The Morgan fingerprint density at radius 3 is 2.80 bits per heavy atom. The van der Waals surface area contributed by atoms with Crippen molar-refractivity contribution in [3.05, 3.63) is 34.1 Å². The minimum Gasteiger partial charge on any atom is -0.318 e. The lowest BCUT2D eigenvalue weighted by Crippen LogP contribution is -2.26. The third-order valence-electron chi connectivity index (χ3n) is 2.13. The zero-order chi connectivity index (χ0) is 11.1. The number of nitrogens with one attached hydrogen (secondary N) is 2. The Balaban J connectivity index is 2.33. The summed E-state index contributed by atoms with van der Waals surface area (Å²) in [4.78, 5) is 0. The van der Waals surface area contributed by atoms with E-state index < -0.39 is 0 Å². The van der Waals surface area contributed by atoms with Gasteiger partial charge >= 0.3 is 0 Å². The largest absolute Gasteiger partial charge is 0.318 e. The summed E-state index contributed by atoms with van der Waals surface area (Å²) in [5, 5.41) is 6.28. The standard InChI is InChI=1S/C11H16BrFN2/c1-14-6-7-15-5-4-9-8-10(12)2-3-11(9)13/h2-3,8,14-15H,4-7H2,1H3. The predicted molar refractivity (Wildman–Crippen MR) is 64.6 cm³/mol. The molecule has 0 radical (unpaired) electrons. The molecule has 0 amide bonds. The van der Waals surface area contributed by atoms with Crippen LogP contribution in [0, 0.1) is 5.82 Å². The molecular formula is C11H16BrFN2. The summed E-state index contributed by atoms with van der Waals surface area (Å²) < 4.78 is 14.2. The van der Waals surface area contributed by atoms with E-state index in [2.05, 4.69) is 26.6 Å². The van der Waals surface area contributed by atoms with Gasteiger partial charge in [0.15, 0.2) is 0 Å². The summed E-state index contributed by atoms with van der Waals surface area (Å²) in [5.74, 6) is -0.131. The van der Waals surface area contributed by atoms with Crippen LogP contribution >= 0.6 is 15.9 Å². The molecule has 1 aromatic rings.